The van der Waals surface area contributed by atoms with Crippen molar-refractivity contribution in [3.8, 4) is 0 Å². The lowest BCUT2D eigenvalue weighted by Gasteiger charge is -2.42. The molecule has 2 atom stereocenters. The van der Waals surface area contributed by atoms with Gasteiger partial charge in [0, 0.05) is 13.6 Å². The van der Waals surface area contributed by atoms with Gasteiger partial charge in [-0.05, 0) is 29.7 Å². The van der Waals surface area contributed by atoms with Crippen LogP contribution < -0.4 is 0 Å². The van der Waals surface area contributed by atoms with Crippen LogP contribution in [0.25, 0.3) is 0 Å². The average Bonchev–Trinajstić information content (AvgIpc) is 2.83. The van der Waals surface area contributed by atoms with Crippen molar-refractivity contribution >= 4 is 12.1 Å². The van der Waals surface area contributed by atoms with Crippen molar-refractivity contribution in [2.75, 3.05) is 6.54 Å². The third kappa shape index (κ3) is 2.19. The summed E-state index contributed by atoms with van der Waals surface area (Å²) in [4.78, 5) is 24.1. The Balaban J connectivity index is 2.39. The van der Waals surface area contributed by atoms with Crippen molar-refractivity contribution < 1.29 is 19.8 Å². The normalized spacial score (nSPS) is 26.5. The van der Waals surface area contributed by atoms with Crippen LogP contribution in [0.3, 0.4) is 0 Å². The number of aromatic nitrogens is 4. The first kappa shape index (κ1) is 14.2. The minimum atomic E-state index is -1.09. The second-order valence-corrected chi connectivity index (χ2v) is 5.05. The van der Waals surface area contributed by atoms with Gasteiger partial charge in [-0.15, -0.1) is 5.10 Å². The van der Waals surface area contributed by atoms with Gasteiger partial charge in [0.2, 0.25) is 0 Å². The van der Waals surface area contributed by atoms with Crippen LogP contribution in [0.5, 0.6) is 0 Å². The van der Waals surface area contributed by atoms with E-state index in [2.05, 4.69) is 15.5 Å². The quantitative estimate of drug-likeness (QED) is 0.828. The van der Waals surface area contributed by atoms with Gasteiger partial charge in [0.25, 0.3) is 0 Å². The molecule has 110 valence electrons. The summed E-state index contributed by atoms with van der Waals surface area (Å²) in [6.07, 6.45) is -0.169. The number of nitrogens with zero attached hydrogens (tertiary/aromatic N) is 5. The molecular weight excluding hydrogens is 266 g/mol. The van der Waals surface area contributed by atoms with E-state index in [1.807, 2.05) is 0 Å². The highest BCUT2D eigenvalue weighted by Gasteiger charge is 2.47. The van der Waals surface area contributed by atoms with Crippen molar-refractivity contribution in [1.29, 1.82) is 0 Å². The van der Waals surface area contributed by atoms with E-state index in [9.17, 15) is 19.8 Å². The molecule has 2 unspecified atom stereocenters. The third-order valence-electron chi connectivity index (χ3n) is 4.12. The summed E-state index contributed by atoms with van der Waals surface area (Å²) < 4.78 is 1.38. The van der Waals surface area contributed by atoms with Crippen LogP contribution in [0, 0.1) is 5.41 Å². The molecule has 0 saturated carbocycles. The van der Waals surface area contributed by atoms with Gasteiger partial charge in [0.1, 0.15) is 0 Å². The Hall–Kier alpha value is -2.19. The summed E-state index contributed by atoms with van der Waals surface area (Å²) >= 11 is 0. The number of aryl methyl sites for hydroxylation is 1. The molecule has 2 N–H and O–H groups in total. The van der Waals surface area contributed by atoms with E-state index >= 15 is 0 Å². The summed E-state index contributed by atoms with van der Waals surface area (Å²) in [6, 6.07) is -0.641. The first-order chi connectivity index (χ1) is 9.41. The summed E-state index contributed by atoms with van der Waals surface area (Å²) in [5.74, 6) is -0.531. The predicted molar refractivity (Wildman–Crippen MR) is 65.9 cm³/mol. The van der Waals surface area contributed by atoms with Crippen LogP contribution in [0.15, 0.2) is 0 Å². The molecule has 1 aliphatic rings. The van der Waals surface area contributed by atoms with E-state index in [-0.39, 0.29) is 13.0 Å². The van der Waals surface area contributed by atoms with Gasteiger partial charge < -0.3 is 10.2 Å². The van der Waals surface area contributed by atoms with Crippen LogP contribution in [-0.4, -0.2) is 53.9 Å². The highest BCUT2D eigenvalue weighted by Crippen LogP contribution is 2.43. The van der Waals surface area contributed by atoms with Gasteiger partial charge in [0.15, 0.2) is 5.82 Å². The number of rotatable bonds is 3. The van der Waals surface area contributed by atoms with E-state index in [1.54, 1.807) is 14.0 Å². The first-order valence-corrected chi connectivity index (χ1v) is 6.36. The molecule has 1 aromatic rings. The van der Waals surface area contributed by atoms with Crippen molar-refractivity contribution in [2.24, 2.45) is 12.5 Å². The molecule has 2 heterocycles. The fourth-order valence-electron chi connectivity index (χ4n) is 2.72. The first-order valence-electron chi connectivity index (χ1n) is 6.36. The van der Waals surface area contributed by atoms with Crippen LogP contribution in [0.4, 0.5) is 4.79 Å². The summed E-state index contributed by atoms with van der Waals surface area (Å²) in [6.45, 7) is 1.96. The Labute approximate surface area is 115 Å². The predicted octanol–water partition coefficient (Wildman–Crippen LogP) is 0.506. The summed E-state index contributed by atoms with van der Waals surface area (Å²) in [5.41, 5.74) is -0.928. The number of tetrazole rings is 1. The standard InChI is InChI=1S/C11H17N5O4/c1-3-11(9(17)18)4-5-16(10(19)20)7(6-11)8-12-13-14-15(8)2/h7H,3-6H2,1-2H3,(H,17,18)(H,19,20). The number of amides is 1. The molecule has 1 aromatic heterocycles. The molecule has 0 bridgehead atoms. The topological polar surface area (TPSA) is 121 Å². The third-order valence-corrected chi connectivity index (χ3v) is 4.12. The largest absolute Gasteiger partial charge is 0.481 e. The fraction of sp³-hybridized carbons (Fsp3) is 0.727. The maximum atomic E-state index is 11.6. The molecule has 0 radical (unpaired) electrons. The molecule has 1 saturated heterocycles. The number of carboxylic acid groups (broad SMARTS) is 2. The Morgan fingerprint density at radius 1 is 1.45 bits per heavy atom. The zero-order valence-electron chi connectivity index (χ0n) is 11.4. The monoisotopic (exact) mass is 283 g/mol. The Bertz CT molecular complexity index is 531. The molecule has 1 fully saturated rings. The molecule has 2 rings (SSSR count). The van der Waals surface area contributed by atoms with Crippen molar-refractivity contribution in [2.45, 2.75) is 32.2 Å². The average molecular weight is 283 g/mol. The second-order valence-electron chi connectivity index (χ2n) is 5.05. The Morgan fingerprint density at radius 3 is 2.60 bits per heavy atom. The second kappa shape index (κ2) is 5.06. The van der Waals surface area contributed by atoms with Gasteiger partial charge in [-0.3, -0.25) is 9.69 Å². The fourth-order valence-corrected chi connectivity index (χ4v) is 2.72. The van der Waals surface area contributed by atoms with Crippen molar-refractivity contribution in [3.05, 3.63) is 5.82 Å². The zero-order chi connectivity index (χ0) is 14.9. The van der Waals surface area contributed by atoms with Crippen molar-refractivity contribution in [1.82, 2.24) is 25.1 Å². The van der Waals surface area contributed by atoms with Gasteiger partial charge in [0.05, 0.1) is 11.5 Å². The minimum absolute atomic E-state index is 0.160. The molecule has 0 spiro atoms. The van der Waals surface area contributed by atoms with Crippen LogP contribution in [0.2, 0.25) is 0 Å². The van der Waals surface area contributed by atoms with Gasteiger partial charge >= 0.3 is 12.1 Å². The number of carbonyl (C=O) groups is 2. The number of hydrogen-bond acceptors (Lipinski definition) is 5. The lowest BCUT2D eigenvalue weighted by atomic mass is 9.73. The van der Waals surface area contributed by atoms with Gasteiger partial charge in [-0.2, -0.15) is 0 Å². The Morgan fingerprint density at radius 2 is 2.15 bits per heavy atom. The van der Waals surface area contributed by atoms with Crippen LogP contribution >= 0.6 is 0 Å². The number of piperidine rings is 1. The highest BCUT2D eigenvalue weighted by molar-refractivity contribution is 5.75. The van der Waals surface area contributed by atoms with Gasteiger partial charge in [-0.1, -0.05) is 6.92 Å². The number of carboxylic acids is 1. The maximum Gasteiger partial charge on any atom is 0.407 e. The summed E-state index contributed by atoms with van der Waals surface area (Å²) in [7, 11) is 1.61. The molecule has 9 heteroatoms. The van der Waals surface area contributed by atoms with E-state index < -0.39 is 23.5 Å². The summed E-state index contributed by atoms with van der Waals surface area (Å²) in [5, 5.41) is 29.8. The van der Waals surface area contributed by atoms with E-state index in [0.717, 1.165) is 0 Å². The van der Waals surface area contributed by atoms with E-state index in [0.29, 0.717) is 18.7 Å². The van der Waals surface area contributed by atoms with Crippen molar-refractivity contribution in [3.63, 3.8) is 0 Å². The van der Waals surface area contributed by atoms with E-state index in [4.69, 9.17) is 0 Å². The molecule has 0 aliphatic carbocycles. The molecule has 0 aromatic carbocycles. The molecule has 20 heavy (non-hydrogen) atoms. The number of likely N-dealkylation sites (tertiary alicyclic amines) is 1. The van der Waals surface area contributed by atoms with Crippen LogP contribution in [-0.2, 0) is 11.8 Å². The minimum Gasteiger partial charge on any atom is -0.481 e. The molecule has 9 nitrogen and oxygen atoms in total. The molecular formula is C11H17N5O4. The Kier molecular flexibility index (Phi) is 3.60. The number of hydrogen-bond donors (Lipinski definition) is 2. The van der Waals surface area contributed by atoms with Gasteiger partial charge in [-0.25, -0.2) is 9.48 Å². The number of aliphatic carboxylic acids is 1. The molecule has 1 amide bonds. The SMILES string of the molecule is CCC1(C(=O)O)CCN(C(=O)O)C(c2nnnn2C)C1. The van der Waals surface area contributed by atoms with Crippen LogP contribution in [0.1, 0.15) is 38.1 Å². The lowest BCUT2D eigenvalue weighted by molar-refractivity contribution is -0.153. The molecule has 1 aliphatic heterocycles. The smallest absolute Gasteiger partial charge is 0.407 e. The zero-order valence-corrected chi connectivity index (χ0v) is 11.4. The lowest BCUT2D eigenvalue weighted by Crippen LogP contribution is -2.48. The van der Waals surface area contributed by atoms with E-state index in [1.165, 1.54) is 9.58 Å². The maximum absolute atomic E-state index is 11.6. The highest BCUT2D eigenvalue weighted by atomic mass is 16.4.